The summed E-state index contributed by atoms with van der Waals surface area (Å²) in [5, 5.41) is 2.75. The minimum atomic E-state index is -0.204. The van der Waals surface area contributed by atoms with E-state index in [1.165, 1.54) is 0 Å². The van der Waals surface area contributed by atoms with Crippen molar-refractivity contribution in [3.05, 3.63) is 42.5 Å². The molecule has 1 heterocycles. The lowest BCUT2D eigenvalue weighted by atomic mass is 10.2. The molecule has 0 radical (unpaired) electrons. The van der Waals surface area contributed by atoms with Crippen molar-refractivity contribution < 1.29 is 33.2 Å². The fourth-order valence-electron chi connectivity index (χ4n) is 2.75. The molecule has 9 heteroatoms. The summed E-state index contributed by atoms with van der Waals surface area (Å²) in [6.45, 7) is 3.02. The normalized spacial score (nSPS) is 15.9. The molecule has 2 aromatic carbocycles. The Hall–Kier alpha value is -2.62. The highest BCUT2D eigenvalue weighted by atomic mass is 32.1. The summed E-state index contributed by atoms with van der Waals surface area (Å²) in [5.74, 6) is 2.29. The van der Waals surface area contributed by atoms with Crippen molar-refractivity contribution in [2.75, 3.05) is 63.9 Å². The molecule has 0 aromatic heterocycles. The molecule has 0 atom stereocenters. The van der Waals surface area contributed by atoms with Crippen LogP contribution in [-0.2, 0) is 14.3 Å². The molecule has 3 rings (SSSR count). The number of carbonyl (C=O) groups excluding carboxylic acids is 1. The fourth-order valence-corrected chi connectivity index (χ4v) is 2.83. The summed E-state index contributed by atoms with van der Waals surface area (Å²) in [4.78, 5) is 11.6. The van der Waals surface area contributed by atoms with E-state index in [2.05, 4.69) is 17.9 Å². The first-order valence-corrected chi connectivity index (χ1v) is 10.7. The highest BCUT2D eigenvalue weighted by molar-refractivity contribution is 7.81. The van der Waals surface area contributed by atoms with Crippen LogP contribution < -0.4 is 24.3 Å². The largest absolute Gasteiger partial charge is 0.487 e. The maximum Gasteiger partial charge on any atom is 0.234 e. The third-order valence-electron chi connectivity index (χ3n) is 4.16. The highest BCUT2D eigenvalue weighted by Gasteiger charge is 2.10. The zero-order valence-electron chi connectivity index (χ0n) is 17.2. The predicted octanol–water partition coefficient (Wildman–Crippen LogP) is 2.82. The molecule has 1 aliphatic rings. The lowest BCUT2D eigenvalue weighted by Crippen LogP contribution is -2.16. The molecular formula is C22H27NO7S. The SMILES string of the molecule is O=C(CS)Nc1ccc2c(c1)OCCOCCOc1ccccc1OCCOCCO2. The van der Waals surface area contributed by atoms with Gasteiger partial charge in [0.2, 0.25) is 5.91 Å². The number of amides is 1. The van der Waals surface area contributed by atoms with Gasteiger partial charge in [0, 0.05) is 11.8 Å². The van der Waals surface area contributed by atoms with Gasteiger partial charge >= 0.3 is 0 Å². The first kappa shape index (κ1) is 23.1. The smallest absolute Gasteiger partial charge is 0.234 e. The van der Waals surface area contributed by atoms with Crippen LogP contribution in [0.4, 0.5) is 5.69 Å². The molecular weight excluding hydrogens is 422 g/mol. The molecule has 2 aromatic rings. The zero-order chi connectivity index (χ0) is 21.7. The number of benzene rings is 2. The van der Waals surface area contributed by atoms with E-state index in [9.17, 15) is 4.79 Å². The van der Waals surface area contributed by atoms with Crippen LogP contribution in [0.1, 0.15) is 0 Å². The van der Waals surface area contributed by atoms with Crippen molar-refractivity contribution in [3.8, 4) is 23.0 Å². The van der Waals surface area contributed by atoms with Crippen molar-refractivity contribution in [3.63, 3.8) is 0 Å². The number of hydrogen-bond acceptors (Lipinski definition) is 8. The Balaban J connectivity index is 1.60. The van der Waals surface area contributed by atoms with E-state index >= 15 is 0 Å². The fraction of sp³-hybridized carbons (Fsp3) is 0.409. The predicted molar refractivity (Wildman–Crippen MR) is 119 cm³/mol. The Morgan fingerprint density at radius 3 is 1.71 bits per heavy atom. The van der Waals surface area contributed by atoms with Crippen LogP contribution in [-0.4, -0.2) is 64.5 Å². The van der Waals surface area contributed by atoms with Gasteiger partial charge in [0.25, 0.3) is 0 Å². The molecule has 0 fully saturated rings. The number of fused-ring (bicyclic) bond motifs is 2. The van der Waals surface area contributed by atoms with Crippen LogP contribution >= 0.6 is 12.6 Å². The molecule has 0 spiro atoms. The molecule has 0 bridgehead atoms. The first-order chi connectivity index (χ1) is 15.3. The van der Waals surface area contributed by atoms with E-state index in [4.69, 9.17) is 28.4 Å². The van der Waals surface area contributed by atoms with Gasteiger partial charge in [-0.3, -0.25) is 4.79 Å². The van der Waals surface area contributed by atoms with Gasteiger partial charge in [-0.2, -0.15) is 12.6 Å². The minimum absolute atomic E-state index is 0.0931. The number of hydrogen-bond donors (Lipinski definition) is 2. The van der Waals surface area contributed by atoms with Gasteiger partial charge in [0.05, 0.1) is 32.2 Å². The van der Waals surface area contributed by atoms with Crippen molar-refractivity contribution in [1.29, 1.82) is 0 Å². The number of para-hydroxylation sites is 2. The van der Waals surface area contributed by atoms with Crippen molar-refractivity contribution >= 4 is 24.2 Å². The second-order valence-electron chi connectivity index (χ2n) is 6.43. The standard InChI is InChI=1S/C22H27NO7S/c24-22(16-31)23-17-5-6-20-21(15-17)30-14-10-26-8-12-28-19-4-2-1-3-18(19)27-11-7-25-9-13-29-20/h1-6,15,31H,7-14,16H2,(H,23,24). The quantitative estimate of drug-likeness (QED) is 0.682. The van der Waals surface area contributed by atoms with Crippen LogP contribution in [0.2, 0.25) is 0 Å². The molecule has 0 unspecified atom stereocenters. The number of ether oxygens (including phenoxy) is 6. The van der Waals surface area contributed by atoms with Gasteiger partial charge in [-0.15, -0.1) is 0 Å². The van der Waals surface area contributed by atoms with Gasteiger partial charge in [0.15, 0.2) is 23.0 Å². The Labute approximate surface area is 187 Å². The molecule has 0 aliphatic carbocycles. The summed E-state index contributed by atoms with van der Waals surface area (Å²) in [6, 6.07) is 12.7. The summed E-state index contributed by atoms with van der Waals surface area (Å²) in [5.41, 5.74) is 0.602. The lowest BCUT2D eigenvalue weighted by molar-refractivity contribution is -0.113. The van der Waals surface area contributed by atoms with E-state index in [1.807, 2.05) is 24.3 Å². The highest BCUT2D eigenvalue weighted by Crippen LogP contribution is 2.31. The maximum atomic E-state index is 11.6. The van der Waals surface area contributed by atoms with Crippen LogP contribution in [0.25, 0.3) is 0 Å². The summed E-state index contributed by atoms with van der Waals surface area (Å²) in [7, 11) is 0. The van der Waals surface area contributed by atoms with Gasteiger partial charge in [-0.05, 0) is 24.3 Å². The van der Waals surface area contributed by atoms with Crippen LogP contribution in [0.3, 0.4) is 0 Å². The number of thiol groups is 1. The van der Waals surface area contributed by atoms with Gasteiger partial charge in [0.1, 0.15) is 26.4 Å². The second kappa shape index (κ2) is 12.9. The van der Waals surface area contributed by atoms with Crippen LogP contribution in [0, 0.1) is 0 Å². The van der Waals surface area contributed by atoms with E-state index in [1.54, 1.807) is 18.2 Å². The number of nitrogens with one attached hydrogen (secondary N) is 1. The van der Waals surface area contributed by atoms with E-state index < -0.39 is 0 Å². The Bertz CT molecular complexity index is 833. The summed E-state index contributed by atoms with van der Waals surface area (Å²) >= 11 is 3.97. The van der Waals surface area contributed by atoms with Crippen LogP contribution in [0.15, 0.2) is 42.5 Å². The minimum Gasteiger partial charge on any atom is -0.487 e. The second-order valence-corrected chi connectivity index (χ2v) is 6.75. The first-order valence-electron chi connectivity index (χ1n) is 10.1. The Morgan fingerprint density at radius 2 is 1.19 bits per heavy atom. The lowest BCUT2D eigenvalue weighted by Gasteiger charge is -2.16. The Morgan fingerprint density at radius 1 is 0.710 bits per heavy atom. The van der Waals surface area contributed by atoms with Crippen molar-refractivity contribution in [2.45, 2.75) is 0 Å². The van der Waals surface area contributed by atoms with E-state index in [0.29, 0.717) is 81.5 Å². The topological polar surface area (TPSA) is 84.5 Å². The monoisotopic (exact) mass is 449 g/mol. The Kier molecular flexibility index (Phi) is 9.62. The molecule has 31 heavy (non-hydrogen) atoms. The number of carbonyl (C=O) groups is 1. The summed E-state index contributed by atoms with van der Waals surface area (Å²) < 4.78 is 34.3. The summed E-state index contributed by atoms with van der Waals surface area (Å²) in [6.07, 6.45) is 0. The third kappa shape index (κ3) is 7.86. The zero-order valence-corrected chi connectivity index (χ0v) is 18.1. The van der Waals surface area contributed by atoms with Crippen molar-refractivity contribution in [2.24, 2.45) is 0 Å². The number of anilines is 1. The van der Waals surface area contributed by atoms with Gasteiger partial charge in [-0.1, -0.05) is 12.1 Å². The maximum absolute atomic E-state index is 11.6. The molecule has 168 valence electrons. The van der Waals surface area contributed by atoms with Gasteiger partial charge < -0.3 is 33.7 Å². The van der Waals surface area contributed by atoms with Gasteiger partial charge in [-0.25, -0.2) is 0 Å². The molecule has 1 amide bonds. The molecule has 1 N–H and O–H groups in total. The van der Waals surface area contributed by atoms with E-state index in [-0.39, 0.29) is 11.7 Å². The van der Waals surface area contributed by atoms with Crippen molar-refractivity contribution in [1.82, 2.24) is 0 Å². The van der Waals surface area contributed by atoms with Crippen LogP contribution in [0.5, 0.6) is 23.0 Å². The third-order valence-corrected chi connectivity index (χ3v) is 4.45. The number of rotatable bonds is 2. The molecule has 0 saturated carbocycles. The average molecular weight is 450 g/mol. The van der Waals surface area contributed by atoms with E-state index in [0.717, 1.165) is 0 Å². The molecule has 8 nitrogen and oxygen atoms in total. The molecule has 1 aliphatic heterocycles. The molecule has 0 saturated heterocycles. The average Bonchev–Trinajstić information content (AvgIpc) is 2.79.